The van der Waals surface area contributed by atoms with Crippen molar-refractivity contribution in [2.24, 2.45) is 16.8 Å². The maximum atomic E-state index is 12.1. The van der Waals surface area contributed by atoms with E-state index in [0.29, 0.717) is 13.1 Å². The zero-order chi connectivity index (χ0) is 13.8. The number of hydrogen-bond donors (Lipinski definition) is 2. The van der Waals surface area contributed by atoms with Crippen molar-refractivity contribution in [3.8, 4) is 0 Å². The Kier molecular flexibility index (Phi) is 4.20. The van der Waals surface area contributed by atoms with Crippen LogP contribution in [0.15, 0.2) is 16.7 Å². The number of hydrogen-bond acceptors (Lipinski definition) is 6. The molecule has 19 heavy (non-hydrogen) atoms. The lowest BCUT2D eigenvalue weighted by molar-refractivity contribution is -0.133. The predicted molar refractivity (Wildman–Crippen MR) is 73.5 cm³/mol. The van der Waals surface area contributed by atoms with Gasteiger partial charge in [-0.1, -0.05) is 5.16 Å². The molecule has 1 saturated heterocycles. The van der Waals surface area contributed by atoms with Crippen molar-refractivity contribution in [1.82, 2.24) is 9.88 Å². The van der Waals surface area contributed by atoms with Crippen molar-refractivity contribution < 1.29 is 10.0 Å². The minimum absolute atomic E-state index is 0.0487. The van der Waals surface area contributed by atoms with E-state index < -0.39 is 5.92 Å². The second-order valence-corrected chi connectivity index (χ2v) is 5.25. The number of thiazole rings is 1. The summed E-state index contributed by atoms with van der Waals surface area (Å²) in [4.78, 5) is 20.3. The van der Waals surface area contributed by atoms with Crippen molar-refractivity contribution in [2.45, 2.75) is 6.92 Å². The van der Waals surface area contributed by atoms with Gasteiger partial charge in [0.25, 0.3) is 0 Å². The summed E-state index contributed by atoms with van der Waals surface area (Å²) in [6.45, 7) is 4.40. The van der Waals surface area contributed by atoms with Gasteiger partial charge in [-0.2, -0.15) is 0 Å². The van der Waals surface area contributed by atoms with Gasteiger partial charge in [0.1, 0.15) is 0 Å². The number of amides is 1. The van der Waals surface area contributed by atoms with Gasteiger partial charge in [0, 0.05) is 37.8 Å². The number of carbonyl (C=O) groups excluding carboxylic acids is 1. The van der Waals surface area contributed by atoms with E-state index in [9.17, 15) is 4.79 Å². The van der Waals surface area contributed by atoms with Crippen molar-refractivity contribution >= 4 is 28.2 Å². The smallest absolute Gasteiger partial charge is 0.233 e. The molecule has 1 fully saturated rings. The first-order valence-corrected chi connectivity index (χ1v) is 6.92. The molecule has 0 aliphatic carbocycles. The van der Waals surface area contributed by atoms with Gasteiger partial charge >= 0.3 is 0 Å². The van der Waals surface area contributed by atoms with Gasteiger partial charge in [-0.05, 0) is 6.92 Å². The summed E-state index contributed by atoms with van der Waals surface area (Å²) >= 11 is 1.59. The predicted octanol–water partition coefficient (Wildman–Crippen LogP) is 0.174. The number of rotatable bonds is 3. The Balaban J connectivity index is 1.91. The zero-order valence-corrected chi connectivity index (χ0v) is 11.5. The average Bonchev–Trinajstić information content (AvgIpc) is 2.99. The Labute approximate surface area is 115 Å². The summed E-state index contributed by atoms with van der Waals surface area (Å²) in [7, 11) is 0. The van der Waals surface area contributed by atoms with Crippen molar-refractivity contribution in [3.63, 3.8) is 0 Å². The van der Waals surface area contributed by atoms with Crippen LogP contribution in [-0.2, 0) is 4.79 Å². The zero-order valence-electron chi connectivity index (χ0n) is 10.7. The van der Waals surface area contributed by atoms with Gasteiger partial charge in [0.2, 0.25) is 5.91 Å². The van der Waals surface area contributed by atoms with Gasteiger partial charge in [-0.15, -0.1) is 11.3 Å². The third-order valence-corrected chi connectivity index (χ3v) is 4.04. The molecule has 0 spiro atoms. The Morgan fingerprint density at radius 3 is 2.74 bits per heavy atom. The van der Waals surface area contributed by atoms with Crippen LogP contribution in [0.2, 0.25) is 0 Å². The summed E-state index contributed by atoms with van der Waals surface area (Å²) in [6, 6.07) is 0. The Morgan fingerprint density at radius 2 is 2.21 bits per heavy atom. The largest absolute Gasteiger partial charge is 0.409 e. The molecule has 1 aromatic rings. The van der Waals surface area contributed by atoms with Crippen molar-refractivity contribution in [3.05, 3.63) is 11.6 Å². The van der Waals surface area contributed by atoms with Gasteiger partial charge < -0.3 is 20.7 Å². The summed E-state index contributed by atoms with van der Waals surface area (Å²) in [6.07, 6.45) is 1.78. The number of aromatic nitrogens is 1. The van der Waals surface area contributed by atoms with Gasteiger partial charge in [0.15, 0.2) is 11.0 Å². The van der Waals surface area contributed by atoms with E-state index in [0.717, 1.165) is 18.2 Å². The first-order chi connectivity index (χ1) is 9.13. The van der Waals surface area contributed by atoms with Crippen molar-refractivity contribution in [2.75, 3.05) is 31.1 Å². The number of nitrogens with two attached hydrogens (primary N) is 1. The fourth-order valence-corrected chi connectivity index (χ4v) is 2.67. The lowest BCUT2D eigenvalue weighted by Gasteiger charge is -2.35. The molecule has 1 unspecified atom stereocenters. The minimum atomic E-state index is -0.587. The Bertz CT molecular complexity index is 454. The molecule has 7 nitrogen and oxygen atoms in total. The first kappa shape index (κ1) is 13.6. The molecule has 0 bridgehead atoms. The topological polar surface area (TPSA) is 95.1 Å². The van der Waals surface area contributed by atoms with Gasteiger partial charge in [-0.3, -0.25) is 4.79 Å². The SMILES string of the molecule is CC(C(=O)N1CCN(c2nccs2)CC1)C(N)=NO. The number of anilines is 1. The maximum absolute atomic E-state index is 12.1. The van der Waals surface area contributed by atoms with E-state index in [2.05, 4.69) is 15.0 Å². The van der Waals surface area contributed by atoms with Crippen LogP contribution in [0.25, 0.3) is 0 Å². The molecule has 2 rings (SSSR count). The van der Waals surface area contributed by atoms with Crippen LogP contribution in [0.5, 0.6) is 0 Å². The van der Waals surface area contributed by atoms with E-state index in [1.165, 1.54) is 0 Å². The Hall–Kier alpha value is -1.83. The number of piperazine rings is 1. The lowest BCUT2D eigenvalue weighted by Crippen LogP contribution is -2.51. The highest BCUT2D eigenvalue weighted by Crippen LogP contribution is 2.19. The molecule has 0 aromatic carbocycles. The molecule has 1 atom stereocenters. The molecule has 0 radical (unpaired) electrons. The van der Waals surface area contributed by atoms with E-state index >= 15 is 0 Å². The van der Waals surface area contributed by atoms with Crippen LogP contribution in [-0.4, -0.2) is 53.0 Å². The summed E-state index contributed by atoms with van der Waals surface area (Å²) in [5, 5.41) is 14.4. The highest BCUT2D eigenvalue weighted by molar-refractivity contribution is 7.13. The number of carbonyl (C=O) groups is 1. The first-order valence-electron chi connectivity index (χ1n) is 6.04. The van der Waals surface area contributed by atoms with Crippen LogP contribution in [0.4, 0.5) is 5.13 Å². The molecule has 3 N–H and O–H groups in total. The lowest BCUT2D eigenvalue weighted by atomic mass is 10.1. The molecule has 8 heteroatoms. The highest BCUT2D eigenvalue weighted by atomic mass is 32.1. The molecule has 0 saturated carbocycles. The molecule has 1 amide bonds. The molecular formula is C11H17N5O2S. The summed E-state index contributed by atoms with van der Waals surface area (Å²) < 4.78 is 0. The minimum Gasteiger partial charge on any atom is -0.409 e. The molecular weight excluding hydrogens is 266 g/mol. The normalized spacial score (nSPS) is 18.5. The van der Waals surface area contributed by atoms with E-state index in [4.69, 9.17) is 10.9 Å². The summed E-state index contributed by atoms with van der Waals surface area (Å²) in [5.74, 6) is -0.738. The van der Waals surface area contributed by atoms with Crippen LogP contribution in [0, 0.1) is 5.92 Å². The monoisotopic (exact) mass is 283 g/mol. The molecule has 1 aromatic heterocycles. The Morgan fingerprint density at radius 1 is 1.53 bits per heavy atom. The van der Waals surface area contributed by atoms with Crippen LogP contribution in [0.1, 0.15) is 6.92 Å². The average molecular weight is 283 g/mol. The number of nitrogens with zero attached hydrogens (tertiary/aromatic N) is 4. The fourth-order valence-electron chi connectivity index (χ4n) is 1.98. The van der Waals surface area contributed by atoms with Gasteiger partial charge in [-0.25, -0.2) is 4.98 Å². The third kappa shape index (κ3) is 2.95. The number of oxime groups is 1. The van der Waals surface area contributed by atoms with E-state index in [-0.39, 0.29) is 11.7 Å². The molecule has 1 aliphatic rings. The standard InChI is InChI=1S/C11H17N5O2S/c1-8(9(12)14-18)10(17)15-3-5-16(6-4-15)11-13-2-7-19-11/h2,7-8,18H,3-6H2,1H3,(H2,12,14). The second kappa shape index (κ2) is 5.87. The summed E-state index contributed by atoms with van der Waals surface area (Å²) in [5.41, 5.74) is 5.46. The van der Waals surface area contributed by atoms with E-state index in [1.54, 1.807) is 29.4 Å². The number of amidine groups is 1. The van der Waals surface area contributed by atoms with Crippen LogP contribution >= 0.6 is 11.3 Å². The molecule has 104 valence electrons. The van der Waals surface area contributed by atoms with E-state index in [1.807, 2.05) is 5.38 Å². The van der Waals surface area contributed by atoms with Crippen LogP contribution in [0.3, 0.4) is 0 Å². The second-order valence-electron chi connectivity index (χ2n) is 4.37. The van der Waals surface area contributed by atoms with Crippen LogP contribution < -0.4 is 10.6 Å². The molecule has 2 heterocycles. The van der Waals surface area contributed by atoms with Crippen molar-refractivity contribution in [1.29, 1.82) is 0 Å². The quantitative estimate of drug-likeness (QED) is 0.357. The fraction of sp³-hybridized carbons (Fsp3) is 0.545. The third-order valence-electron chi connectivity index (χ3n) is 3.21. The van der Waals surface area contributed by atoms with Gasteiger partial charge in [0.05, 0.1) is 5.92 Å². The molecule has 1 aliphatic heterocycles. The highest BCUT2D eigenvalue weighted by Gasteiger charge is 2.27. The maximum Gasteiger partial charge on any atom is 0.233 e.